The molecule has 1 atom stereocenters. The Labute approximate surface area is 175 Å². The minimum Gasteiger partial charge on any atom is -0.495 e. The first kappa shape index (κ1) is 19.5. The van der Waals surface area contributed by atoms with E-state index in [0.29, 0.717) is 23.9 Å². The monoisotopic (exact) mass is 407 g/mol. The Balaban J connectivity index is 1.64. The second-order valence-corrected chi connectivity index (χ2v) is 8.53. The quantitative estimate of drug-likeness (QED) is 0.594. The van der Waals surface area contributed by atoms with Gasteiger partial charge in [-0.05, 0) is 54.5 Å². The molecule has 2 aromatic heterocycles. The van der Waals surface area contributed by atoms with Crippen LogP contribution in [-0.4, -0.2) is 18.0 Å². The lowest BCUT2D eigenvalue weighted by Crippen LogP contribution is -2.18. The Hall–Kier alpha value is -2.86. The van der Waals surface area contributed by atoms with Crippen LogP contribution in [-0.2, 0) is 19.4 Å². The van der Waals surface area contributed by atoms with Gasteiger partial charge in [0.05, 0.1) is 18.4 Å². The van der Waals surface area contributed by atoms with Crippen LogP contribution in [0.1, 0.15) is 39.7 Å². The van der Waals surface area contributed by atoms with E-state index in [0.717, 1.165) is 35.4 Å². The van der Waals surface area contributed by atoms with E-state index in [1.54, 1.807) is 24.6 Å². The maximum atomic E-state index is 13.3. The van der Waals surface area contributed by atoms with Crippen molar-refractivity contribution in [2.45, 2.75) is 32.7 Å². The van der Waals surface area contributed by atoms with E-state index >= 15 is 0 Å². The highest BCUT2D eigenvalue weighted by molar-refractivity contribution is 7.16. The van der Waals surface area contributed by atoms with Crippen LogP contribution in [0, 0.1) is 5.92 Å². The fourth-order valence-corrected chi connectivity index (χ4v) is 5.14. The molecule has 1 aliphatic carbocycles. The molecule has 1 amide bonds. The van der Waals surface area contributed by atoms with Gasteiger partial charge in [0.1, 0.15) is 10.8 Å². The van der Waals surface area contributed by atoms with Gasteiger partial charge in [0, 0.05) is 23.8 Å². The fraction of sp³-hybridized carbons (Fsp3) is 0.304. The Bertz CT molecular complexity index is 1000. The summed E-state index contributed by atoms with van der Waals surface area (Å²) in [6, 6.07) is 11.5. The van der Waals surface area contributed by atoms with Gasteiger partial charge in [0.25, 0.3) is 5.91 Å². The zero-order valence-electron chi connectivity index (χ0n) is 16.7. The molecular formula is C23H25N3O2S. The number of para-hydroxylation sites is 2. The third-order valence-electron chi connectivity index (χ3n) is 5.27. The number of pyridine rings is 1. The molecule has 0 bridgehead atoms. The van der Waals surface area contributed by atoms with E-state index in [9.17, 15) is 4.79 Å². The molecule has 4 rings (SSSR count). The number of methoxy groups -OCH3 is 1. The summed E-state index contributed by atoms with van der Waals surface area (Å²) in [5.74, 6) is 1.22. The third kappa shape index (κ3) is 4.27. The zero-order chi connectivity index (χ0) is 20.2. The number of anilines is 2. The molecule has 29 heavy (non-hydrogen) atoms. The van der Waals surface area contributed by atoms with Crippen molar-refractivity contribution < 1.29 is 9.53 Å². The maximum Gasteiger partial charge on any atom is 0.259 e. The van der Waals surface area contributed by atoms with Gasteiger partial charge >= 0.3 is 0 Å². The van der Waals surface area contributed by atoms with Crippen LogP contribution in [0.25, 0.3) is 0 Å². The van der Waals surface area contributed by atoms with Gasteiger partial charge in [-0.3, -0.25) is 9.78 Å². The van der Waals surface area contributed by atoms with Crippen LogP contribution in [0.15, 0.2) is 48.8 Å². The number of aromatic nitrogens is 1. The summed E-state index contributed by atoms with van der Waals surface area (Å²) in [5, 5.41) is 7.47. The molecule has 3 aromatic rings. The van der Waals surface area contributed by atoms with Gasteiger partial charge in [0.2, 0.25) is 0 Å². The van der Waals surface area contributed by atoms with Crippen LogP contribution in [0.3, 0.4) is 0 Å². The Kier molecular flexibility index (Phi) is 5.81. The maximum absolute atomic E-state index is 13.3. The summed E-state index contributed by atoms with van der Waals surface area (Å²) >= 11 is 1.71. The molecule has 150 valence electrons. The highest BCUT2D eigenvalue weighted by Crippen LogP contribution is 2.40. The van der Waals surface area contributed by atoms with Gasteiger partial charge in [-0.15, -0.1) is 11.3 Å². The normalized spacial score (nSPS) is 15.4. The summed E-state index contributed by atoms with van der Waals surface area (Å²) in [6.07, 6.45) is 6.69. The van der Waals surface area contributed by atoms with Crippen molar-refractivity contribution in [2.75, 3.05) is 17.7 Å². The SMILES string of the molecule is COc1ccccc1NC(=O)c1c(NCc2cccnc2)sc2c1CCC(C)C2. The highest BCUT2D eigenvalue weighted by atomic mass is 32.1. The number of thiophene rings is 1. The molecule has 1 aromatic carbocycles. The Morgan fingerprint density at radius 2 is 2.14 bits per heavy atom. The molecular weight excluding hydrogens is 382 g/mol. The number of carbonyl (C=O) groups is 1. The molecule has 1 aliphatic rings. The van der Waals surface area contributed by atoms with Crippen molar-refractivity contribution in [3.63, 3.8) is 0 Å². The number of ether oxygens (including phenoxy) is 1. The molecule has 1 unspecified atom stereocenters. The largest absolute Gasteiger partial charge is 0.495 e. The smallest absolute Gasteiger partial charge is 0.259 e. The van der Waals surface area contributed by atoms with Gasteiger partial charge in [-0.25, -0.2) is 0 Å². The lowest BCUT2D eigenvalue weighted by atomic mass is 9.88. The Morgan fingerprint density at radius 1 is 1.28 bits per heavy atom. The second-order valence-electron chi connectivity index (χ2n) is 7.43. The first-order valence-corrected chi connectivity index (χ1v) is 10.7. The number of hydrogen-bond donors (Lipinski definition) is 2. The van der Waals surface area contributed by atoms with Crippen molar-refractivity contribution in [3.05, 3.63) is 70.4 Å². The summed E-state index contributed by atoms with van der Waals surface area (Å²) in [5.41, 5.74) is 3.73. The second kappa shape index (κ2) is 8.66. The van der Waals surface area contributed by atoms with Crippen molar-refractivity contribution in [2.24, 2.45) is 5.92 Å². The van der Waals surface area contributed by atoms with Crippen LogP contribution >= 0.6 is 11.3 Å². The van der Waals surface area contributed by atoms with Gasteiger partial charge in [-0.2, -0.15) is 0 Å². The van der Waals surface area contributed by atoms with Crippen molar-refractivity contribution in [1.82, 2.24) is 4.98 Å². The Morgan fingerprint density at radius 3 is 2.93 bits per heavy atom. The average Bonchev–Trinajstić information content (AvgIpc) is 3.11. The number of nitrogens with zero attached hydrogens (tertiary/aromatic N) is 1. The molecule has 0 saturated carbocycles. The number of nitrogens with one attached hydrogen (secondary N) is 2. The highest BCUT2D eigenvalue weighted by Gasteiger charge is 2.28. The van der Waals surface area contributed by atoms with Crippen molar-refractivity contribution in [3.8, 4) is 5.75 Å². The van der Waals surface area contributed by atoms with E-state index in [1.165, 1.54) is 10.4 Å². The number of benzene rings is 1. The zero-order valence-corrected chi connectivity index (χ0v) is 17.5. The molecule has 0 spiro atoms. The minimum absolute atomic E-state index is 0.0877. The molecule has 0 fully saturated rings. The number of fused-ring (bicyclic) bond motifs is 1. The van der Waals surface area contributed by atoms with Crippen molar-refractivity contribution >= 4 is 27.9 Å². The third-order valence-corrected chi connectivity index (χ3v) is 6.48. The molecule has 0 aliphatic heterocycles. The number of hydrogen-bond acceptors (Lipinski definition) is 5. The van der Waals surface area contributed by atoms with Gasteiger partial charge < -0.3 is 15.4 Å². The van der Waals surface area contributed by atoms with Gasteiger partial charge in [0.15, 0.2) is 0 Å². The predicted octanol–water partition coefficient (Wildman–Crippen LogP) is 5.14. The predicted molar refractivity (Wildman–Crippen MR) is 118 cm³/mol. The van der Waals surface area contributed by atoms with Gasteiger partial charge in [-0.1, -0.05) is 25.1 Å². The molecule has 6 heteroatoms. The average molecular weight is 408 g/mol. The first-order chi connectivity index (χ1) is 14.2. The number of rotatable bonds is 6. The fourth-order valence-electron chi connectivity index (χ4n) is 3.73. The molecule has 0 saturated heterocycles. The van der Waals surface area contributed by atoms with E-state index in [2.05, 4.69) is 22.5 Å². The standard InChI is InChI=1S/C23H25N3O2S/c1-15-9-10-17-20(12-15)29-23(25-14-16-6-5-11-24-13-16)21(17)22(27)26-18-7-3-4-8-19(18)28-2/h3-8,11,13,15,25H,9-10,12,14H2,1-2H3,(H,26,27). The van der Waals surface area contributed by atoms with E-state index in [-0.39, 0.29) is 5.91 Å². The van der Waals surface area contributed by atoms with E-state index in [1.807, 2.05) is 42.6 Å². The van der Waals surface area contributed by atoms with Crippen LogP contribution < -0.4 is 15.4 Å². The summed E-state index contributed by atoms with van der Waals surface area (Å²) in [4.78, 5) is 18.8. The van der Waals surface area contributed by atoms with Crippen molar-refractivity contribution in [1.29, 1.82) is 0 Å². The summed E-state index contributed by atoms with van der Waals surface area (Å²) < 4.78 is 5.39. The molecule has 2 N–H and O–H groups in total. The van der Waals surface area contributed by atoms with Crippen LogP contribution in [0.4, 0.5) is 10.7 Å². The first-order valence-electron chi connectivity index (χ1n) is 9.87. The summed E-state index contributed by atoms with van der Waals surface area (Å²) in [6.45, 7) is 2.91. The lowest BCUT2D eigenvalue weighted by molar-refractivity contribution is 0.102. The lowest BCUT2D eigenvalue weighted by Gasteiger charge is -2.19. The molecule has 2 heterocycles. The summed E-state index contributed by atoms with van der Waals surface area (Å²) in [7, 11) is 1.61. The number of amides is 1. The van der Waals surface area contributed by atoms with Crippen LogP contribution in [0.2, 0.25) is 0 Å². The minimum atomic E-state index is -0.0877. The molecule has 5 nitrogen and oxygen atoms in total. The van der Waals surface area contributed by atoms with E-state index in [4.69, 9.17) is 4.74 Å². The van der Waals surface area contributed by atoms with E-state index < -0.39 is 0 Å². The van der Waals surface area contributed by atoms with Crippen LogP contribution in [0.5, 0.6) is 5.75 Å². The molecule has 0 radical (unpaired) electrons. The topological polar surface area (TPSA) is 63.2 Å². The number of carbonyl (C=O) groups excluding carboxylic acids is 1.